The molecular weight excluding hydrogens is 405 g/mol. The van der Waals surface area contributed by atoms with Crippen molar-refractivity contribution in [2.75, 3.05) is 18.6 Å². The molecule has 12 heteroatoms. The lowest BCUT2D eigenvalue weighted by molar-refractivity contribution is -0.121. The van der Waals surface area contributed by atoms with Gasteiger partial charge in [0, 0.05) is 12.7 Å². The summed E-state index contributed by atoms with van der Waals surface area (Å²) in [5.41, 5.74) is 2.60. The first-order valence-corrected chi connectivity index (χ1v) is 8.03. The van der Waals surface area contributed by atoms with Crippen LogP contribution < -0.4 is 15.2 Å². The molecule has 0 saturated heterocycles. The van der Waals surface area contributed by atoms with Crippen molar-refractivity contribution in [1.82, 2.24) is 10.3 Å². The van der Waals surface area contributed by atoms with Crippen molar-refractivity contribution in [3.63, 3.8) is 0 Å². The molecule has 0 bridgehead atoms. The molecule has 2 N–H and O–H groups in total. The maximum absolute atomic E-state index is 11.8. The van der Waals surface area contributed by atoms with Crippen molar-refractivity contribution in [1.29, 1.82) is 0 Å². The number of benzene rings is 1. The van der Waals surface area contributed by atoms with Crippen LogP contribution in [0.4, 0.5) is 10.5 Å². The van der Waals surface area contributed by atoms with Gasteiger partial charge in [-0.2, -0.15) is 0 Å². The van der Waals surface area contributed by atoms with Gasteiger partial charge in [0.2, 0.25) is 0 Å². The normalized spacial score (nSPS) is 10.7. The van der Waals surface area contributed by atoms with Crippen LogP contribution in [0.15, 0.2) is 30.3 Å². The average Bonchev–Trinajstić information content (AvgIpc) is 2.55. The number of alkyl halides is 3. The van der Waals surface area contributed by atoms with E-state index in [0.29, 0.717) is 17.9 Å². The standard InChI is InChI=1S/C12H12Cl3N3O5S/c1-18(8-5-3-2-4-6-8)9(19)7-22-11(21)23-24-17-16-10(20)12(13,14)15/h2-6,17H,7H2,1H3,(H,16,20). The number of carbonyl (C=O) groups is 3. The number of hydrazine groups is 1. The summed E-state index contributed by atoms with van der Waals surface area (Å²) in [6.07, 6.45) is -1.15. The Morgan fingerprint density at radius 2 is 1.83 bits per heavy atom. The summed E-state index contributed by atoms with van der Waals surface area (Å²) >= 11 is 16.2. The van der Waals surface area contributed by atoms with Crippen molar-refractivity contribution in [3.05, 3.63) is 30.3 Å². The molecule has 0 atom stereocenters. The monoisotopic (exact) mass is 415 g/mol. The Bertz CT molecular complexity index is 585. The molecular formula is C12H12Cl3N3O5S. The summed E-state index contributed by atoms with van der Waals surface area (Å²) in [7, 11) is 1.54. The number of para-hydroxylation sites is 1. The fraction of sp³-hybridized carbons (Fsp3) is 0.250. The first-order chi connectivity index (χ1) is 11.2. The van der Waals surface area contributed by atoms with Crippen LogP contribution in [0.1, 0.15) is 0 Å². The van der Waals surface area contributed by atoms with Gasteiger partial charge in [0.05, 0.1) is 0 Å². The zero-order valence-corrected chi connectivity index (χ0v) is 15.2. The van der Waals surface area contributed by atoms with Crippen LogP contribution in [-0.2, 0) is 18.5 Å². The summed E-state index contributed by atoms with van der Waals surface area (Å²) < 4.78 is 6.92. The summed E-state index contributed by atoms with van der Waals surface area (Å²) in [4.78, 5) is 37.7. The summed E-state index contributed by atoms with van der Waals surface area (Å²) in [6.45, 7) is -0.523. The fourth-order valence-electron chi connectivity index (χ4n) is 1.23. The minimum Gasteiger partial charge on any atom is -0.423 e. The van der Waals surface area contributed by atoms with Crippen LogP contribution in [0.3, 0.4) is 0 Å². The minimum absolute atomic E-state index is 0.305. The second kappa shape index (κ2) is 9.80. The molecule has 0 aliphatic carbocycles. The molecule has 0 aliphatic heterocycles. The molecule has 0 saturated carbocycles. The maximum atomic E-state index is 11.8. The van der Waals surface area contributed by atoms with Gasteiger partial charge >= 0.3 is 6.16 Å². The number of carbonyl (C=O) groups excluding carboxylic acids is 3. The quantitative estimate of drug-likeness (QED) is 0.183. The van der Waals surface area contributed by atoms with Gasteiger partial charge in [-0.3, -0.25) is 15.0 Å². The molecule has 0 spiro atoms. The van der Waals surface area contributed by atoms with Crippen LogP contribution in [-0.4, -0.2) is 35.4 Å². The smallest absolute Gasteiger partial charge is 0.423 e. The highest BCUT2D eigenvalue weighted by molar-refractivity contribution is 7.93. The van der Waals surface area contributed by atoms with Crippen LogP contribution in [0.25, 0.3) is 0 Å². The number of nitrogens with one attached hydrogen (secondary N) is 2. The first-order valence-electron chi connectivity index (χ1n) is 6.16. The molecule has 0 unspecified atom stereocenters. The molecule has 1 rings (SSSR count). The van der Waals surface area contributed by atoms with Gasteiger partial charge in [0.1, 0.15) is 0 Å². The number of halogens is 3. The lowest BCUT2D eigenvalue weighted by Crippen LogP contribution is -2.40. The number of anilines is 1. The molecule has 0 heterocycles. The minimum atomic E-state index is -2.16. The second-order valence-electron chi connectivity index (χ2n) is 4.05. The predicted molar refractivity (Wildman–Crippen MR) is 91.4 cm³/mol. The third-order valence-electron chi connectivity index (χ3n) is 2.40. The van der Waals surface area contributed by atoms with Crippen LogP contribution >= 0.6 is 47.0 Å². The molecule has 0 fully saturated rings. The van der Waals surface area contributed by atoms with E-state index in [9.17, 15) is 14.4 Å². The van der Waals surface area contributed by atoms with Gasteiger partial charge < -0.3 is 13.8 Å². The van der Waals surface area contributed by atoms with E-state index in [2.05, 4.69) is 13.8 Å². The highest BCUT2D eigenvalue weighted by Gasteiger charge is 2.30. The number of ether oxygens (including phenoxy) is 1. The average molecular weight is 417 g/mol. The van der Waals surface area contributed by atoms with Gasteiger partial charge in [-0.25, -0.2) is 4.79 Å². The van der Waals surface area contributed by atoms with Crippen molar-refractivity contribution in [3.8, 4) is 0 Å². The topological polar surface area (TPSA) is 97.0 Å². The molecule has 0 aromatic heterocycles. The Morgan fingerprint density at radius 1 is 1.21 bits per heavy atom. The molecule has 0 aliphatic rings. The second-order valence-corrected chi connectivity index (χ2v) is 6.87. The third kappa shape index (κ3) is 7.45. The SMILES string of the molecule is CN(C(=O)COC(=O)OSNNC(=O)C(Cl)(Cl)Cl)c1ccccc1. The lowest BCUT2D eigenvalue weighted by atomic mass is 10.3. The maximum Gasteiger partial charge on any atom is 0.522 e. The van der Waals surface area contributed by atoms with Crippen molar-refractivity contribution in [2.45, 2.75) is 3.79 Å². The number of amides is 2. The number of hydrogen-bond acceptors (Lipinski definition) is 7. The van der Waals surface area contributed by atoms with Crippen LogP contribution in [0.5, 0.6) is 0 Å². The molecule has 8 nitrogen and oxygen atoms in total. The summed E-state index contributed by atoms with van der Waals surface area (Å²) in [6, 6.07) is 8.79. The molecule has 0 radical (unpaired) electrons. The highest BCUT2D eigenvalue weighted by atomic mass is 35.6. The Labute approximate surface area is 157 Å². The molecule has 24 heavy (non-hydrogen) atoms. The van der Waals surface area contributed by atoms with E-state index in [-0.39, 0.29) is 0 Å². The third-order valence-corrected chi connectivity index (χ3v) is 3.32. The van der Waals surface area contributed by atoms with E-state index >= 15 is 0 Å². The van der Waals surface area contributed by atoms with Gasteiger partial charge in [0.15, 0.2) is 18.8 Å². The van der Waals surface area contributed by atoms with Gasteiger partial charge in [-0.05, 0) is 12.1 Å². The zero-order valence-electron chi connectivity index (χ0n) is 12.1. The van der Waals surface area contributed by atoms with Crippen LogP contribution in [0, 0.1) is 0 Å². The first kappa shape index (κ1) is 20.7. The largest absolute Gasteiger partial charge is 0.522 e. The Balaban J connectivity index is 2.24. The number of nitrogens with zero attached hydrogens (tertiary/aromatic N) is 1. The predicted octanol–water partition coefficient (Wildman–Crippen LogP) is 2.36. The van der Waals surface area contributed by atoms with E-state index in [1.54, 1.807) is 30.3 Å². The highest BCUT2D eigenvalue weighted by Crippen LogP contribution is 2.25. The molecule has 1 aromatic carbocycles. The Kier molecular flexibility index (Phi) is 8.43. The summed E-state index contributed by atoms with van der Waals surface area (Å²) in [5.74, 6) is -1.43. The Morgan fingerprint density at radius 3 is 2.42 bits per heavy atom. The van der Waals surface area contributed by atoms with Crippen molar-refractivity contribution >= 4 is 70.7 Å². The zero-order chi connectivity index (χ0) is 18.2. The number of rotatable bonds is 6. The van der Waals surface area contributed by atoms with Gasteiger partial charge in [-0.15, -0.1) is 4.83 Å². The van der Waals surface area contributed by atoms with Gasteiger partial charge in [-0.1, -0.05) is 53.0 Å². The summed E-state index contributed by atoms with van der Waals surface area (Å²) in [5, 5.41) is 0. The van der Waals surface area contributed by atoms with Crippen LogP contribution in [0.2, 0.25) is 0 Å². The van der Waals surface area contributed by atoms with Crippen molar-refractivity contribution < 1.29 is 23.3 Å². The number of hydrogen-bond donors (Lipinski definition) is 2. The molecule has 2 amide bonds. The van der Waals surface area contributed by atoms with E-state index in [1.165, 1.54) is 11.9 Å². The number of likely N-dealkylation sites (N-methyl/N-ethyl adjacent to an activating group) is 1. The fourth-order valence-corrected chi connectivity index (χ4v) is 1.66. The van der Waals surface area contributed by atoms with Gasteiger partial charge in [0.25, 0.3) is 15.6 Å². The van der Waals surface area contributed by atoms with E-state index in [1.807, 2.05) is 5.43 Å². The Hall–Kier alpha value is -1.39. The van der Waals surface area contributed by atoms with Crippen molar-refractivity contribution in [2.24, 2.45) is 0 Å². The molecule has 132 valence electrons. The van der Waals surface area contributed by atoms with E-state index in [4.69, 9.17) is 34.8 Å². The lowest BCUT2D eigenvalue weighted by Gasteiger charge is -2.16. The molecule has 1 aromatic rings. The van der Waals surface area contributed by atoms with E-state index < -0.39 is 28.4 Å². The van der Waals surface area contributed by atoms with E-state index in [0.717, 1.165) is 0 Å².